The van der Waals surface area contributed by atoms with Gasteiger partial charge in [-0.3, -0.25) is 9.36 Å². The first-order valence-corrected chi connectivity index (χ1v) is 11.5. The topological polar surface area (TPSA) is 61.2 Å². The van der Waals surface area contributed by atoms with Crippen molar-refractivity contribution in [3.05, 3.63) is 74.3 Å². The standard InChI is InChI=1S/C27H32N2O3/c1-17-13-20(27(3,4)5)14-18(2)22(17)16-32-26(31)19-10-11-21-23(15-19)28-24-9-7-6-8-12-29(24)25(21)30/h10-11,13-15H,6-9,12,16H2,1-5H3. The van der Waals surface area contributed by atoms with Crippen molar-refractivity contribution in [1.29, 1.82) is 0 Å². The molecule has 32 heavy (non-hydrogen) atoms. The van der Waals surface area contributed by atoms with Crippen molar-refractivity contribution in [3.63, 3.8) is 0 Å². The Bertz CT molecular complexity index is 1230. The molecule has 5 nitrogen and oxygen atoms in total. The summed E-state index contributed by atoms with van der Waals surface area (Å²) < 4.78 is 7.45. The van der Waals surface area contributed by atoms with Crippen LogP contribution in [0.5, 0.6) is 0 Å². The molecule has 2 aromatic carbocycles. The Morgan fingerprint density at radius 1 is 1.06 bits per heavy atom. The lowest BCUT2D eigenvalue weighted by molar-refractivity contribution is 0.0471. The van der Waals surface area contributed by atoms with Gasteiger partial charge in [0.2, 0.25) is 0 Å². The van der Waals surface area contributed by atoms with E-state index in [0.29, 0.717) is 23.0 Å². The number of carbonyl (C=O) groups is 1. The predicted octanol–water partition coefficient (Wildman–Crippen LogP) is 5.39. The molecular weight excluding hydrogens is 400 g/mol. The maximum Gasteiger partial charge on any atom is 0.338 e. The number of rotatable bonds is 3. The van der Waals surface area contributed by atoms with E-state index in [1.807, 2.05) is 0 Å². The molecule has 0 radical (unpaired) electrons. The first kappa shape index (κ1) is 22.3. The molecule has 0 amide bonds. The van der Waals surface area contributed by atoms with Crippen LogP contribution in [-0.2, 0) is 29.7 Å². The highest BCUT2D eigenvalue weighted by molar-refractivity contribution is 5.94. The number of hydrogen-bond acceptors (Lipinski definition) is 4. The van der Waals surface area contributed by atoms with Crippen molar-refractivity contribution in [2.45, 2.75) is 78.9 Å². The molecule has 2 heterocycles. The van der Waals surface area contributed by atoms with E-state index in [-0.39, 0.29) is 17.6 Å². The van der Waals surface area contributed by atoms with Crippen molar-refractivity contribution >= 4 is 16.9 Å². The third-order valence-corrected chi connectivity index (χ3v) is 6.46. The maximum absolute atomic E-state index is 12.9. The third-order valence-electron chi connectivity index (χ3n) is 6.46. The van der Waals surface area contributed by atoms with Gasteiger partial charge in [0.15, 0.2) is 0 Å². The van der Waals surface area contributed by atoms with E-state index in [9.17, 15) is 9.59 Å². The van der Waals surface area contributed by atoms with Crippen LogP contribution >= 0.6 is 0 Å². The molecule has 0 N–H and O–H groups in total. The molecule has 0 aliphatic carbocycles. The van der Waals surface area contributed by atoms with Gasteiger partial charge >= 0.3 is 5.97 Å². The number of ether oxygens (including phenoxy) is 1. The number of nitrogens with zero attached hydrogens (tertiary/aromatic N) is 2. The summed E-state index contributed by atoms with van der Waals surface area (Å²) in [6, 6.07) is 9.41. The number of aryl methyl sites for hydroxylation is 3. The molecule has 4 rings (SSSR count). The van der Waals surface area contributed by atoms with Crippen LogP contribution < -0.4 is 5.56 Å². The van der Waals surface area contributed by atoms with Crippen molar-refractivity contribution < 1.29 is 9.53 Å². The summed E-state index contributed by atoms with van der Waals surface area (Å²) in [6.45, 7) is 11.6. The van der Waals surface area contributed by atoms with Crippen molar-refractivity contribution in [3.8, 4) is 0 Å². The molecule has 0 spiro atoms. The van der Waals surface area contributed by atoms with Gasteiger partial charge in [-0.2, -0.15) is 0 Å². The van der Waals surface area contributed by atoms with Crippen LogP contribution in [0.3, 0.4) is 0 Å². The number of esters is 1. The Labute approximate surface area is 189 Å². The van der Waals surface area contributed by atoms with Crippen molar-refractivity contribution in [1.82, 2.24) is 9.55 Å². The fraction of sp³-hybridized carbons (Fsp3) is 0.444. The van der Waals surface area contributed by atoms with E-state index >= 15 is 0 Å². The molecule has 1 aromatic heterocycles. The lowest BCUT2D eigenvalue weighted by Crippen LogP contribution is -2.24. The Morgan fingerprint density at radius 2 is 1.78 bits per heavy atom. The zero-order valence-corrected chi connectivity index (χ0v) is 19.7. The van der Waals surface area contributed by atoms with E-state index in [1.54, 1.807) is 22.8 Å². The Morgan fingerprint density at radius 3 is 2.47 bits per heavy atom. The van der Waals surface area contributed by atoms with Gasteiger partial charge in [0.05, 0.1) is 16.5 Å². The van der Waals surface area contributed by atoms with Gasteiger partial charge in [0, 0.05) is 13.0 Å². The summed E-state index contributed by atoms with van der Waals surface area (Å²) in [6.07, 6.45) is 3.93. The average molecular weight is 433 g/mol. The van der Waals surface area contributed by atoms with Crippen LogP contribution in [0, 0.1) is 13.8 Å². The molecule has 0 saturated heterocycles. The summed E-state index contributed by atoms with van der Waals surface area (Å²) in [7, 11) is 0. The molecule has 168 valence electrons. The molecule has 0 atom stereocenters. The van der Waals surface area contributed by atoms with Crippen LogP contribution in [0.4, 0.5) is 0 Å². The molecule has 3 aromatic rings. The maximum atomic E-state index is 12.9. The first-order valence-electron chi connectivity index (χ1n) is 11.5. The monoisotopic (exact) mass is 432 g/mol. The first-order chi connectivity index (χ1) is 15.1. The van der Waals surface area contributed by atoms with E-state index in [2.05, 4.69) is 46.8 Å². The van der Waals surface area contributed by atoms with E-state index in [4.69, 9.17) is 9.72 Å². The van der Waals surface area contributed by atoms with Gasteiger partial charge in [-0.25, -0.2) is 9.78 Å². The predicted molar refractivity (Wildman–Crippen MR) is 127 cm³/mol. The fourth-order valence-corrected chi connectivity index (χ4v) is 4.42. The molecule has 0 saturated carbocycles. The van der Waals surface area contributed by atoms with Crippen molar-refractivity contribution in [2.75, 3.05) is 0 Å². The van der Waals surface area contributed by atoms with E-state index < -0.39 is 5.97 Å². The summed E-state index contributed by atoms with van der Waals surface area (Å²) >= 11 is 0. The van der Waals surface area contributed by atoms with Crippen LogP contribution in [0.2, 0.25) is 0 Å². The van der Waals surface area contributed by atoms with Gasteiger partial charge in [0.1, 0.15) is 12.4 Å². The Balaban J connectivity index is 1.58. The largest absolute Gasteiger partial charge is 0.457 e. The summed E-state index contributed by atoms with van der Waals surface area (Å²) in [5.74, 6) is 0.415. The van der Waals surface area contributed by atoms with Crippen molar-refractivity contribution in [2.24, 2.45) is 0 Å². The molecule has 0 unspecified atom stereocenters. The number of carbonyl (C=O) groups excluding carboxylic acids is 1. The zero-order chi connectivity index (χ0) is 23.0. The summed E-state index contributed by atoms with van der Waals surface area (Å²) in [5, 5.41) is 0.552. The normalized spacial score (nSPS) is 14.2. The highest BCUT2D eigenvalue weighted by atomic mass is 16.5. The molecule has 0 bridgehead atoms. The molecule has 1 aliphatic rings. The lowest BCUT2D eigenvalue weighted by Gasteiger charge is -2.22. The molecule has 1 aliphatic heterocycles. The van der Waals surface area contributed by atoms with Gasteiger partial charge in [-0.1, -0.05) is 39.3 Å². The number of benzene rings is 2. The van der Waals surface area contributed by atoms with Crippen LogP contribution in [0.25, 0.3) is 10.9 Å². The molecule has 5 heteroatoms. The smallest absolute Gasteiger partial charge is 0.338 e. The Hall–Kier alpha value is -2.95. The van der Waals surface area contributed by atoms with E-state index in [1.165, 1.54) is 5.56 Å². The number of hydrogen-bond donors (Lipinski definition) is 0. The summed E-state index contributed by atoms with van der Waals surface area (Å²) in [4.78, 5) is 30.4. The second kappa shape index (κ2) is 8.53. The summed E-state index contributed by atoms with van der Waals surface area (Å²) in [5.41, 5.74) is 5.60. The SMILES string of the molecule is Cc1cc(C(C)(C)C)cc(C)c1COC(=O)c1ccc2c(=O)n3c(nc2c1)CCCCC3. The average Bonchev–Trinajstić information content (AvgIpc) is 2.97. The second-order valence-corrected chi connectivity index (χ2v) is 9.94. The highest BCUT2D eigenvalue weighted by Crippen LogP contribution is 2.27. The fourth-order valence-electron chi connectivity index (χ4n) is 4.42. The minimum atomic E-state index is -0.401. The third kappa shape index (κ3) is 4.34. The second-order valence-electron chi connectivity index (χ2n) is 9.94. The Kier molecular flexibility index (Phi) is 5.93. The number of fused-ring (bicyclic) bond motifs is 2. The van der Waals surface area contributed by atoms with Gasteiger partial charge < -0.3 is 4.74 Å². The highest BCUT2D eigenvalue weighted by Gasteiger charge is 2.18. The van der Waals surface area contributed by atoms with E-state index in [0.717, 1.165) is 48.2 Å². The van der Waals surface area contributed by atoms with Crippen LogP contribution in [-0.4, -0.2) is 15.5 Å². The molecule has 0 fully saturated rings. The molecular formula is C27H32N2O3. The van der Waals surface area contributed by atoms with Gasteiger partial charge in [-0.15, -0.1) is 0 Å². The van der Waals surface area contributed by atoms with Gasteiger partial charge in [0.25, 0.3) is 5.56 Å². The zero-order valence-electron chi connectivity index (χ0n) is 19.7. The van der Waals surface area contributed by atoms with Gasteiger partial charge in [-0.05, 0) is 72.6 Å². The quantitative estimate of drug-likeness (QED) is 0.520. The lowest BCUT2D eigenvalue weighted by atomic mass is 9.84. The minimum Gasteiger partial charge on any atom is -0.457 e. The van der Waals surface area contributed by atoms with Crippen LogP contribution in [0.15, 0.2) is 35.1 Å². The number of aromatic nitrogens is 2. The minimum absolute atomic E-state index is 0.0167. The van der Waals surface area contributed by atoms with Crippen LogP contribution in [0.1, 0.15) is 78.5 Å².